The second-order valence-electron chi connectivity index (χ2n) is 6.80. The van der Waals surface area contributed by atoms with Gasteiger partial charge in [-0.15, -0.1) is 5.10 Å². The number of carbonyl (C=O) groups is 2. The Morgan fingerprint density at radius 3 is 2.79 bits per heavy atom. The van der Waals surface area contributed by atoms with Crippen molar-refractivity contribution in [1.82, 2.24) is 20.2 Å². The van der Waals surface area contributed by atoms with Gasteiger partial charge in [-0.05, 0) is 48.5 Å². The molecule has 0 spiro atoms. The fourth-order valence-corrected chi connectivity index (χ4v) is 3.10. The highest BCUT2D eigenvalue weighted by Crippen LogP contribution is 2.36. The van der Waals surface area contributed by atoms with E-state index in [2.05, 4.69) is 20.8 Å². The number of aromatic nitrogens is 4. The number of hydrogen-bond acceptors (Lipinski definition) is 6. The van der Waals surface area contributed by atoms with Crippen LogP contribution in [0.1, 0.15) is 13.8 Å². The summed E-state index contributed by atoms with van der Waals surface area (Å²) in [5.41, 5.74) is 0.908. The van der Waals surface area contributed by atoms with Crippen LogP contribution in [-0.2, 0) is 9.59 Å². The lowest BCUT2D eigenvalue weighted by atomic mass is 9.96. The van der Waals surface area contributed by atoms with Crippen molar-refractivity contribution in [2.24, 2.45) is 0 Å². The molecule has 0 atom stereocenters. The summed E-state index contributed by atoms with van der Waals surface area (Å²) in [4.78, 5) is 26.9. The molecule has 0 saturated carbocycles. The lowest BCUT2D eigenvalue weighted by Crippen LogP contribution is -2.59. The van der Waals surface area contributed by atoms with Crippen molar-refractivity contribution in [3.63, 3.8) is 0 Å². The molecule has 0 aliphatic carbocycles. The zero-order valence-corrected chi connectivity index (χ0v) is 15.4. The average Bonchev–Trinajstić information content (AvgIpc) is 3.22. The molecule has 0 saturated heterocycles. The van der Waals surface area contributed by atoms with Crippen molar-refractivity contribution < 1.29 is 14.3 Å². The molecule has 0 bridgehead atoms. The third kappa shape index (κ3) is 3.07. The summed E-state index contributed by atoms with van der Waals surface area (Å²) < 4.78 is 7.19. The molecule has 0 radical (unpaired) electrons. The first-order chi connectivity index (χ1) is 13.5. The van der Waals surface area contributed by atoms with Gasteiger partial charge in [-0.2, -0.15) is 0 Å². The third-order valence-electron chi connectivity index (χ3n) is 4.55. The summed E-state index contributed by atoms with van der Waals surface area (Å²) in [6.45, 7) is 3.19. The van der Waals surface area contributed by atoms with E-state index in [1.807, 2.05) is 12.1 Å². The number of para-hydroxylation sites is 2. The number of benzene rings is 2. The van der Waals surface area contributed by atoms with Gasteiger partial charge < -0.3 is 10.1 Å². The fourth-order valence-electron chi connectivity index (χ4n) is 3.10. The van der Waals surface area contributed by atoms with Crippen molar-refractivity contribution >= 4 is 23.2 Å². The Labute approximate surface area is 160 Å². The van der Waals surface area contributed by atoms with E-state index in [1.165, 1.54) is 15.9 Å². The van der Waals surface area contributed by atoms with Gasteiger partial charge in [-0.1, -0.05) is 18.2 Å². The topological polar surface area (TPSA) is 102 Å². The fraction of sp³-hybridized carbons (Fsp3) is 0.211. The molecule has 1 aromatic heterocycles. The van der Waals surface area contributed by atoms with Crippen molar-refractivity contribution in [2.75, 3.05) is 16.8 Å². The minimum absolute atomic E-state index is 0.218. The maximum absolute atomic E-state index is 13.0. The number of carbonyl (C=O) groups excluding carboxylic acids is 2. The number of amides is 2. The van der Waals surface area contributed by atoms with E-state index >= 15 is 0 Å². The summed E-state index contributed by atoms with van der Waals surface area (Å²) >= 11 is 0. The molecule has 3 aromatic rings. The highest BCUT2D eigenvalue weighted by atomic mass is 16.5. The number of ether oxygens (including phenoxy) is 1. The number of fused-ring (bicyclic) bond motifs is 1. The average molecular weight is 378 g/mol. The van der Waals surface area contributed by atoms with Crippen LogP contribution in [0, 0.1) is 0 Å². The molecule has 9 heteroatoms. The SMILES string of the molecule is CC1(C)C(=O)Nc2ccccc2N1C(=O)COc1cccc(-n2cnnn2)c1. The first kappa shape index (κ1) is 17.7. The normalized spacial score (nSPS) is 14.9. The number of tetrazole rings is 1. The van der Waals surface area contributed by atoms with E-state index in [1.54, 1.807) is 50.2 Å². The molecule has 2 heterocycles. The van der Waals surface area contributed by atoms with E-state index in [9.17, 15) is 9.59 Å². The van der Waals surface area contributed by atoms with Crippen LogP contribution >= 0.6 is 0 Å². The largest absolute Gasteiger partial charge is 0.484 e. The summed E-state index contributed by atoms with van der Waals surface area (Å²) in [7, 11) is 0. The number of rotatable bonds is 4. The number of nitrogens with zero attached hydrogens (tertiary/aromatic N) is 5. The Balaban J connectivity index is 1.55. The van der Waals surface area contributed by atoms with E-state index in [0.717, 1.165) is 0 Å². The van der Waals surface area contributed by atoms with E-state index in [4.69, 9.17) is 4.74 Å². The maximum atomic E-state index is 13.0. The zero-order valence-electron chi connectivity index (χ0n) is 15.4. The highest BCUT2D eigenvalue weighted by molar-refractivity contribution is 6.14. The van der Waals surface area contributed by atoms with Crippen molar-refractivity contribution in [3.05, 3.63) is 54.9 Å². The molecular formula is C19H18N6O3. The highest BCUT2D eigenvalue weighted by Gasteiger charge is 2.43. The van der Waals surface area contributed by atoms with Crippen LogP contribution in [0.25, 0.3) is 5.69 Å². The number of hydrogen-bond donors (Lipinski definition) is 1. The third-order valence-corrected chi connectivity index (χ3v) is 4.55. The second-order valence-corrected chi connectivity index (χ2v) is 6.80. The summed E-state index contributed by atoms with van der Waals surface area (Å²) in [6, 6.07) is 14.3. The van der Waals surface area contributed by atoms with Gasteiger partial charge in [0.05, 0.1) is 17.1 Å². The lowest BCUT2D eigenvalue weighted by molar-refractivity contribution is -0.127. The standard InChI is InChI=1S/C19H18N6O3/c1-19(2)18(27)21-15-8-3-4-9-16(15)25(19)17(26)11-28-14-7-5-6-13(10-14)24-12-20-22-23-24/h3-10,12H,11H2,1-2H3,(H,21,27). The van der Waals surface area contributed by atoms with E-state index < -0.39 is 5.54 Å². The Kier molecular flexibility index (Phi) is 4.26. The molecule has 1 N–H and O–H groups in total. The van der Waals surface area contributed by atoms with Crippen molar-refractivity contribution in [2.45, 2.75) is 19.4 Å². The quantitative estimate of drug-likeness (QED) is 0.743. The lowest BCUT2D eigenvalue weighted by Gasteiger charge is -2.41. The summed E-state index contributed by atoms with van der Waals surface area (Å²) in [5, 5.41) is 13.9. The van der Waals surface area contributed by atoms with Crippen LogP contribution < -0.4 is 15.0 Å². The molecule has 2 aromatic carbocycles. The Morgan fingerprint density at radius 1 is 1.18 bits per heavy atom. The predicted octanol–water partition coefficient (Wildman–Crippen LogP) is 1.80. The molecule has 0 fully saturated rings. The van der Waals surface area contributed by atoms with Gasteiger partial charge in [0.2, 0.25) is 5.91 Å². The van der Waals surface area contributed by atoms with Crippen molar-refractivity contribution in [3.8, 4) is 11.4 Å². The van der Waals surface area contributed by atoms with Gasteiger partial charge in [0.15, 0.2) is 6.61 Å². The van der Waals surface area contributed by atoms with Crippen LogP contribution in [-0.4, -0.2) is 44.2 Å². The van der Waals surface area contributed by atoms with Gasteiger partial charge in [0, 0.05) is 6.07 Å². The minimum Gasteiger partial charge on any atom is -0.484 e. The first-order valence-corrected chi connectivity index (χ1v) is 8.66. The molecule has 1 aliphatic heterocycles. The van der Waals surface area contributed by atoms with Crippen LogP contribution in [0.4, 0.5) is 11.4 Å². The summed E-state index contributed by atoms with van der Waals surface area (Å²) in [6.07, 6.45) is 1.47. The smallest absolute Gasteiger partial charge is 0.265 e. The molecular weight excluding hydrogens is 360 g/mol. The Hall–Kier alpha value is -3.75. The van der Waals surface area contributed by atoms with Crippen LogP contribution in [0.5, 0.6) is 5.75 Å². The van der Waals surface area contributed by atoms with Gasteiger partial charge in [0.25, 0.3) is 5.91 Å². The Bertz CT molecular complexity index is 1030. The van der Waals surface area contributed by atoms with Gasteiger partial charge in [-0.25, -0.2) is 4.68 Å². The van der Waals surface area contributed by atoms with E-state index in [-0.39, 0.29) is 18.4 Å². The predicted molar refractivity (Wildman–Crippen MR) is 101 cm³/mol. The summed E-state index contributed by atoms with van der Waals surface area (Å²) in [5.74, 6) is -0.0748. The molecule has 2 amide bonds. The molecule has 4 rings (SSSR count). The Morgan fingerprint density at radius 2 is 2.00 bits per heavy atom. The molecule has 9 nitrogen and oxygen atoms in total. The van der Waals surface area contributed by atoms with Gasteiger partial charge >= 0.3 is 0 Å². The molecule has 28 heavy (non-hydrogen) atoms. The zero-order chi connectivity index (χ0) is 19.7. The van der Waals surface area contributed by atoms with Crippen LogP contribution in [0.3, 0.4) is 0 Å². The molecule has 0 unspecified atom stereocenters. The maximum Gasteiger partial charge on any atom is 0.265 e. The molecule has 1 aliphatic rings. The van der Waals surface area contributed by atoms with E-state index in [0.29, 0.717) is 22.8 Å². The van der Waals surface area contributed by atoms with Crippen LogP contribution in [0.2, 0.25) is 0 Å². The minimum atomic E-state index is -1.04. The number of anilines is 2. The number of nitrogens with one attached hydrogen (secondary N) is 1. The first-order valence-electron chi connectivity index (χ1n) is 8.66. The van der Waals surface area contributed by atoms with Gasteiger partial charge in [0.1, 0.15) is 17.6 Å². The molecule has 142 valence electrons. The monoisotopic (exact) mass is 378 g/mol. The van der Waals surface area contributed by atoms with Gasteiger partial charge in [-0.3, -0.25) is 14.5 Å². The van der Waals surface area contributed by atoms with Crippen LogP contribution in [0.15, 0.2) is 54.9 Å². The second kappa shape index (κ2) is 6.76. The van der Waals surface area contributed by atoms with Crippen molar-refractivity contribution in [1.29, 1.82) is 0 Å².